The SMILES string of the molecule is CC(C)CCn1c(SCC(=O)Nc2sccc2C(N)=O)nc2ccccc21. The Morgan fingerprint density at radius 3 is 2.81 bits per heavy atom. The molecule has 0 unspecified atom stereocenters. The second kappa shape index (κ2) is 8.58. The Bertz CT molecular complexity index is 962. The lowest BCUT2D eigenvalue weighted by atomic mass is 10.1. The number of thiophene rings is 1. The first-order chi connectivity index (χ1) is 13.0. The molecule has 0 atom stereocenters. The van der Waals surface area contributed by atoms with Gasteiger partial charge in [0.25, 0.3) is 5.91 Å². The molecule has 27 heavy (non-hydrogen) atoms. The van der Waals surface area contributed by atoms with Gasteiger partial charge < -0.3 is 15.6 Å². The summed E-state index contributed by atoms with van der Waals surface area (Å²) in [5, 5.41) is 5.81. The summed E-state index contributed by atoms with van der Waals surface area (Å²) in [6.45, 7) is 5.24. The molecule has 0 aliphatic heterocycles. The number of rotatable bonds is 8. The van der Waals surface area contributed by atoms with Crippen molar-refractivity contribution in [2.24, 2.45) is 11.7 Å². The van der Waals surface area contributed by atoms with Crippen LogP contribution in [0.1, 0.15) is 30.6 Å². The Kier molecular flexibility index (Phi) is 6.18. The standard InChI is InChI=1S/C19H22N4O2S2/c1-12(2)7-9-23-15-6-4-3-5-14(15)21-19(23)27-11-16(24)22-18-13(17(20)25)8-10-26-18/h3-6,8,10,12H,7,9,11H2,1-2H3,(H2,20,25)(H,22,24). The van der Waals surface area contributed by atoms with E-state index in [1.54, 1.807) is 11.4 Å². The number of nitrogens with two attached hydrogens (primary N) is 1. The number of nitrogens with zero attached hydrogens (tertiary/aromatic N) is 2. The Morgan fingerprint density at radius 2 is 2.07 bits per heavy atom. The number of aryl methyl sites for hydroxylation is 1. The molecule has 0 saturated heterocycles. The summed E-state index contributed by atoms with van der Waals surface area (Å²) in [7, 11) is 0. The molecule has 8 heteroatoms. The zero-order chi connectivity index (χ0) is 19.4. The molecule has 0 fully saturated rings. The van der Waals surface area contributed by atoms with Gasteiger partial charge in [-0.2, -0.15) is 0 Å². The lowest BCUT2D eigenvalue weighted by Crippen LogP contribution is -2.18. The highest BCUT2D eigenvalue weighted by Gasteiger charge is 2.15. The lowest BCUT2D eigenvalue weighted by molar-refractivity contribution is -0.113. The summed E-state index contributed by atoms with van der Waals surface area (Å²) in [6, 6.07) is 9.61. The van der Waals surface area contributed by atoms with Crippen molar-refractivity contribution in [2.45, 2.75) is 32.0 Å². The predicted molar refractivity (Wildman–Crippen MR) is 111 cm³/mol. The second-order valence-electron chi connectivity index (χ2n) is 6.58. The van der Waals surface area contributed by atoms with Crippen LogP contribution in [0.25, 0.3) is 11.0 Å². The summed E-state index contributed by atoms with van der Waals surface area (Å²) in [5.74, 6) is 0.0571. The van der Waals surface area contributed by atoms with E-state index in [4.69, 9.17) is 5.73 Å². The van der Waals surface area contributed by atoms with Gasteiger partial charge in [0.1, 0.15) is 5.00 Å². The van der Waals surface area contributed by atoms with Crippen molar-refractivity contribution >= 4 is 50.9 Å². The molecule has 3 aromatic rings. The highest BCUT2D eigenvalue weighted by molar-refractivity contribution is 7.99. The number of carbonyl (C=O) groups excluding carboxylic acids is 2. The van der Waals surface area contributed by atoms with E-state index in [1.165, 1.54) is 23.1 Å². The molecule has 0 saturated carbocycles. The van der Waals surface area contributed by atoms with Crippen molar-refractivity contribution in [1.82, 2.24) is 9.55 Å². The number of carbonyl (C=O) groups is 2. The molecule has 0 aliphatic carbocycles. The molecule has 6 nitrogen and oxygen atoms in total. The third kappa shape index (κ3) is 4.70. The Hall–Kier alpha value is -2.32. The zero-order valence-electron chi connectivity index (χ0n) is 15.3. The normalized spacial score (nSPS) is 11.2. The smallest absolute Gasteiger partial charge is 0.251 e. The average Bonchev–Trinajstić information content (AvgIpc) is 3.22. The Morgan fingerprint density at radius 1 is 1.30 bits per heavy atom. The van der Waals surface area contributed by atoms with Crippen LogP contribution in [0.3, 0.4) is 0 Å². The van der Waals surface area contributed by atoms with Crippen LogP contribution in [0.5, 0.6) is 0 Å². The fourth-order valence-electron chi connectivity index (χ4n) is 2.66. The van der Waals surface area contributed by atoms with Crippen molar-refractivity contribution < 1.29 is 9.59 Å². The van der Waals surface area contributed by atoms with Gasteiger partial charge in [-0.3, -0.25) is 9.59 Å². The summed E-state index contributed by atoms with van der Waals surface area (Å²) >= 11 is 2.68. The second-order valence-corrected chi connectivity index (χ2v) is 8.44. The summed E-state index contributed by atoms with van der Waals surface area (Å²) in [5.41, 5.74) is 7.66. The maximum Gasteiger partial charge on any atom is 0.251 e. The molecule has 0 bridgehead atoms. The number of para-hydroxylation sites is 2. The van der Waals surface area contributed by atoms with Crippen LogP contribution >= 0.6 is 23.1 Å². The van der Waals surface area contributed by atoms with Crippen molar-refractivity contribution in [3.63, 3.8) is 0 Å². The Labute approximate surface area is 166 Å². The average molecular weight is 403 g/mol. The molecule has 1 aromatic carbocycles. The number of imidazole rings is 1. The van der Waals surface area contributed by atoms with Crippen molar-refractivity contribution in [1.29, 1.82) is 0 Å². The quantitative estimate of drug-likeness (QED) is 0.558. The number of anilines is 1. The van der Waals surface area contributed by atoms with Gasteiger partial charge in [-0.05, 0) is 35.9 Å². The van der Waals surface area contributed by atoms with Gasteiger partial charge in [-0.15, -0.1) is 11.3 Å². The number of benzene rings is 1. The predicted octanol–water partition coefficient (Wildman–Crippen LogP) is 3.97. The van der Waals surface area contributed by atoms with Crippen LogP contribution < -0.4 is 11.1 Å². The number of fused-ring (bicyclic) bond motifs is 1. The molecule has 142 valence electrons. The number of amides is 2. The van der Waals surface area contributed by atoms with Gasteiger partial charge in [0.2, 0.25) is 5.91 Å². The summed E-state index contributed by atoms with van der Waals surface area (Å²) in [4.78, 5) is 28.4. The van der Waals surface area contributed by atoms with E-state index in [2.05, 4.69) is 34.8 Å². The third-order valence-corrected chi connectivity index (χ3v) is 5.87. The Balaban J connectivity index is 1.72. The monoisotopic (exact) mass is 402 g/mol. The molecular weight excluding hydrogens is 380 g/mol. The molecule has 3 rings (SSSR count). The highest BCUT2D eigenvalue weighted by atomic mass is 32.2. The van der Waals surface area contributed by atoms with E-state index in [0.29, 0.717) is 16.5 Å². The topological polar surface area (TPSA) is 90.0 Å². The van der Waals surface area contributed by atoms with Crippen LogP contribution in [0.4, 0.5) is 5.00 Å². The van der Waals surface area contributed by atoms with Crippen molar-refractivity contribution in [3.05, 3.63) is 41.3 Å². The number of primary amides is 1. The van der Waals surface area contributed by atoms with E-state index in [1.807, 2.05) is 18.2 Å². The number of hydrogen-bond donors (Lipinski definition) is 2. The first-order valence-electron chi connectivity index (χ1n) is 8.71. The van der Waals surface area contributed by atoms with Gasteiger partial charge in [0, 0.05) is 6.54 Å². The molecule has 2 aromatic heterocycles. The van der Waals surface area contributed by atoms with E-state index in [0.717, 1.165) is 29.2 Å². The van der Waals surface area contributed by atoms with Gasteiger partial charge >= 0.3 is 0 Å². The molecule has 0 spiro atoms. The highest BCUT2D eigenvalue weighted by Crippen LogP contribution is 2.26. The number of thioether (sulfide) groups is 1. The van der Waals surface area contributed by atoms with Gasteiger partial charge in [-0.1, -0.05) is 37.7 Å². The molecule has 2 amide bonds. The van der Waals surface area contributed by atoms with Crippen molar-refractivity contribution in [3.8, 4) is 0 Å². The van der Waals surface area contributed by atoms with E-state index in [-0.39, 0.29) is 11.7 Å². The number of nitrogens with one attached hydrogen (secondary N) is 1. The van der Waals surface area contributed by atoms with Crippen LogP contribution in [-0.4, -0.2) is 27.1 Å². The van der Waals surface area contributed by atoms with Crippen LogP contribution in [0, 0.1) is 5.92 Å². The summed E-state index contributed by atoms with van der Waals surface area (Å²) in [6.07, 6.45) is 1.04. The maximum absolute atomic E-state index is 12.3. The third-order valence-electron chi connectivity index (χ3n) is 4.07. The van der Waals surface area contributed by atoms with E-state index >= 15 is 0 Å². The fraction of sp³-hybridized carbons (Fsp3) is 0.316. The first kappa shape index (κ1) is 19.4. The lowest BCUT2D eigenvalue weighted by Gasteiger charge is -2.10. The molecular formula is C19H22N4O2S2. The van der Waals surface area contributed by atoms with Crippen molar-refractivity contribution in [2.75, 3.05) is 11.1 Å². The van der Waals surface area contributed by atoms with Crippen LogP contribution in [0.15, 0.2) is 40.9 Å². The minimum Gasteiger partial charge on any atom is -0.366 e. The minimum atomic E-state index is -0.547. The minimum absolute atomic E-state index is 0.188. The van der Waals surface area contributed by atoms with Crippen LogP contribution in [0.2, 0.25) is 0 Å². The van der Waals surface area contributed by atoms with E-state index < -0.39 is 5.91 Å². The molecule has 0 aliphatic rings. The van der Waals surface area contributed by atoms with Gasteiger partial charge in [0.05, 0.1) is 22.3 Å². The summed E-state index contributed by atoms with van der Waals surface area (Å²) < 4.78 is 2.17. The van der Waals surface area contributed by atoms with Gasteiger partial charge in [-0.25, -0.2) is 4.98 Å². The van der Waals surface area contributed by atoms with Crippen LogP contribution in [-0.2, 0) is 11.3 Å². The van der Waals surface area contributed by atoms with E-state index in [9.17, 15) is 9.59 Å². The number of hydrogen-bond acceptors (Lipinski definition) is 5. The largest absolute Gasteiger partial charge is 0.366 e. The fourth-order valence-corrected chi connectivity index (χ4v) is 4.31. The number of aromatic nitrogens is 2. The molecule has 2 heterocycles. The molecule has 3 N–H and O–H groups in total. The zero-order valence-corrected chi connectivity index (χ0v) is 16.9. The van der Waals surface area contributed by atoms with Gasteiger partial charge in [0.15, 0.2) is 5.16 Å². The first-order valence-corrected chi connectivity index (χ1v) is 10.6. The maximum atomic E-state index is 12.3. The molecule has 0 radical (unpaired) electrons.